The Morgan fingerprint density at radius 2 is 2.00 bits per heavy atom. The van der Waals surface area contributed by atoms with Gasteiger partial charge in [0.15, 0.2) is 0 Å². The van der Waals surface area contributed by atoms with Crippen LogP contribution >= 0.6 is 0 Å². The molecular formula is C13H12N2O3. The highest BCUT2D eigenvalue weighted by molar-refractivity contribution is 5.74. The Labute approximate surface area is 104 Å². The monoisotopic (exact) mass is 244 g/mol. The second-order valence-corrected chi connectivity index (χ2v) is 3.74. The van der Waals surface area contributed by atoms with Crippen molar-refractivity contribution in [2.75, 3.05) is 0 Å². The summed E-state index contributed by atoms with van der Waals surface area (Å²) in [4.78, 5) is 19.0. The van der Waals surface area contributed by atoms with E-state index in [-0.39, 0.29) is 5.88 Å². The summed E-state index contributed by atoms with van der Waals surface area (Å²) in [6.45, 7) is 1.78. The van der Waals surface area contributed by atoms with E-state index in [1.165, 1.54) is 6.33 Å². The summed E-state index contributed by atoms with van der Waals surface area (Å²) in [7, 11) is 0. The first kappa shape index (κ1) is 12.0. The van der Waals surface area contributed by atoms with Gasteiger partial charge in [-0.05, 0) is 6.92 Å². The van der Waals surface area contributed by atoms with Crippen LogP contribution in [-0.2, 0) is 4.79 Å². The van der Waals surface area contributed by atoms with Crippen molar-refractivity contribution < 1.29 is 14.6 Å². The molecule has 1 aromatic carbocycles. The van der Waals surface area contributed by atoms with Gasteiger partial charge in [0.2, 0.25) is 12.0 Å². The van der Waals surface area contributed by atoms with Crippen molar-refractivity contribution in [2.24, 2.45) is 0 Å². The maximum absolute atomic E-state index is 11.2. The molecule has 1 unspecified atom stereocenters. The molecule has 2 aromatic rings. The Morgan fingerprint density at radius 1 is 1.28 bits per heavy atom. The molecule has 0 saturated heterocycles. The molecule has 2 rings (SSSR count). The molecule has 0 radical (unpaired) electrons. The normalized spacial score (nSPS) is 11.8. The molecule has 0 saturated carbocycles. The number of benzene rings is 1. The number of aryl methyl sites for hydroxylation is 1. The van der Waals surface area contributed by atoms with Crippen LogP contribution in [0.15, 0.2) is 42.7 Å². The van der Waals surface area contributed by atoms with Gasteiger partial charge in [0.05, 0.1) is 0 Å². The second-order valence-electron chi connectivity index (χ2n) is 3.74. The second kappa shape index (κ2) is 5.27. The third-order valence-electron chi connectivity index (χ3n) is 2.34. The minimum absolute atomic E-state index is 0.249. The molecule has 1 heterocycles. The summed E-state index contributed by atoms with van der Waals surface area (Å²) in [5.74, 6) is -0.809. The zero-order valence-corrected chi connectivity index (χ0v) is 9.78. The van der Waals surface area contributed by atoms with Crippen LogP contribution in [0.4, 0.5) is 0 Å². The van der Waals surface area contributed by atoms with Gasteiger partial charge < -0.3 is 9.84 Å². The summed E-state index contributed by atoms with van der Waals surface area (Å²) in [6.07, 6.45) is 0.273. The number of carboxylic acid groups (broad SMARTS) is 1. The fourth-order valence-corrected chi connectivity index (χ4v) is 1.50. The zero-order valence-electron chi connectivity index (χ0n) is 9.78. The Hall–Kier alpha value is -2.43. The molecule has 0 spiro atoms. The lowest BCUT2D eigenvalue weighted by Gasteiger charge is -2.14. The third kappa shape index (κ3) is 2.82. The van der Waals surface area contributed by atoms with E-state index >= 15 is 0 Å². The van der Waals surface area contributed by atoms with Crippen LogP contribution in [0.25, 0.3) is 0 Å². The Bertz CT molecular complexity index is 543. The first-order valence-corrected chi connectivity index (χ1v) is 5.40. The van der Waals surface area contributed by atoms with Gasteiger partial charge in [-0.2, -0.15) is 0 Å². The molecule has 18 heavy (non-hydrogen) atoms. The van der Waals surface area contributed by atoms with Crippen molar-refractivity contribution in [2.45, 2.75) is 13.0 Å². The van der Waals surface area contributed by atoms with Crippen LogP contribution in [0, 0.1) is 6.92 Å². The number of carbonyl (C=O) groups is 1. The molecule has 0 amide bonds. The Balaban J connectivity index is 2.25. The summed E-state index contributed by atoms with van der Waals surface area (Å²) < 4.78 is 5.39. The van der Waals surface area contributed by atoms with Gasteiger partial charge in [0.1, 0.15) is 6.33 Å². The molecule has 92 valence electrons. The number of aromatic nitrogens is 2. The van der Waals surface area contributed by atoms with Gasteiger partial charge in [-0.25, -0.2) is 14.8 Å². The van der Waals surface area contributed by atoms with Crippen molar-refractivity contribution in [3.63, 3.8) is 0 Å². The van der Waals surface area contributed by atoms with Crippen LogP contribution in [0.2, 0.25) is 0 Å². The molecule has 1 aromatic heterocycles. The quantitative estimate of drug-likeness (QED) is 0.890. The number of hydrogen-bond acceptors (Lipinski definition) is 4. The molecule has 1 atom stereocenters. The molecule has 0 aliphatic carbocycles. The van der Waals surface area contributed by atoms with E-state index in [4.69, 9.17) is 4.74 Å². The number of rotatable bonds is 4. The molecule has 1 N–H and O–H groups in total. The molecule has 0 bridgehead atoms. The fourth-order valence-electron chi connectivity index (χ4n) is 1.50. The van der Waals surface area contributed by atoms with E-state index in [2.05, 4.69) is 9.97 Å². The number of hydrogen-bond donors (Lipinski definition) is 1. The molecular weight excluding hydrogens is 232 g/mol. The van der Waals surface area contributed by atoms with E-state index in [1.807, 2.05) is 6.07 Å². The predicted molar refractivity (Wildman–Crippen MR) is 64.2 cm³/mol. The summed E-state index contributed by atoms with van der Waals surface area (Å²) in [5.41, 5.74) is 1.29. The van der Waals surface area contributed by atoms with E-state index in [9.17, 15) is 9.90 Å². The highest BCUT2D eigenvalue weighted by atomic mass is 16.5. The SMILES string of the molecule is Cc1cc(OC(C(=O)O)c2ccccc2)ncn1. The summed E-state index contributed by atoms with van der Waals surface area (Å²) in [6, 6.07) is 10.3. The number of aliphatic carboxylic acids is 1. The average molecular weight is 244 g/mol. The van der Waals surface area contributed by atoms with E-state index < -0.39 is 12.1 Å². The Morgan fingerprint density at radius 3 is 2.61 bits per heavy atom. The number of carboxylic acids is 1. The van der Waals surface area contributed by atoms with Crippen molar-refractivity contribution in [1.29, 1.82) is 0 Å². The highest BCUT2D eigenvalue weighted by Crippen LogP contribution is 2.20. The van der Waals surface area contributed by atoms with E-state index in [1.54, 1.807) is 37.3 Å². The smallest absolute Gasteiger partial charge is 0.349 e. The van der Waals surface area contributed by atoms with Gasteiger partial charge in [-0.15, -0.1) is 0 Å². The third-order valence-corrected chi connectivity index (χ3v) is 2.34. The van der Waals surface area contributed by atoms with Gasteiger partial charge in [-0.1, -0.05) is 30.3 Å². The zero-order chi connectivity index (χ0) is 13.0. The van der Waals surface area contributed by atoms with Gasteiger partial charge in [0.25, 0.3) is 0 Å². The minimum atomic E-state index is -1.07. The average Bonchev–Trinajstić information content (AvgIpc) is 2.37. The van der Waals surface area contributed by atoms with E-state index in [0.29, 0.717) is 5.56 Å². The standard InChI is InChI=1S/C13H12N2O3/c1-9-7-11(15-8-14-9)18-12(13(16)17)10-5-3-2-4-6-10/h2-8,12H,1H3,(H,16,17). The minimum Gasteiger partial charge on any atom is -0.478 e. The van der Waals surface area contributed by atoms with Crippen LogP contribution in [-0.4, -0.2) is 21.0 Å². The van der Waals surface area contributed by atoms with E-state index in [0.717, 1.165) is 5.69 Å². The van der Waals surface area contributed by atoms with Crippen molar-refractivity contribution in [3.05, 3.63) is 54.0 Å². The van der Waals surface area contributed by atoms with Gasteiger partial charge >= 0.3 is 5.97 Å². The number of ether oxygens (including phenoxy) is 1. The predicted octanol–water partition coefficient (Wildman–Crippen LogP) is 1.99. The summed E-state index contributed by atoms with van der Waals surface area (Å²) >= 11 is 0. The van der Waals surface area contributed by atoms with Crippen LogP contribution in [0.5, 0.6) is 5.88 Å². The molecule has 0 fully saturated rings. The van der Waals surface area contributed by atoms with Crippen LogP contribution < -0.4 is 4.74 Å². The topological polar surface area (TPSA) is 72.3 Å². The fraction of sp³-hybridized carbons (Fsp3) is 0.154. The summed E-state index contributed by atoms with van der Waals surface area (Å²) in [5, 5.41) is 9.19. The molecule has 0 aliphatic rings. The molecule has 5 heteroatoms. The van der Waals surface area contributed by atoms with Crippen LogP contribution in [0.1, 0.15) is 17.4 Å². The first-order chi connectivity index (χ1) is 8.66. The van der Waals surface area contributed by atoms with Gasteiger partial charge in [0, 0.05) is 17.3 Å². The van der Waals surface area contributed by atoms with Crippen molar-refractivity contribution in [3.8, 4) is 5.88 Å². The lowest BCUT2D eigenvalue weighted by Crippen LogP contribution is -2.18. The maximum atomic E-state index is 11.2. The maximum Gasteiger partial charge on any atom is 0.349 e. The lowest BCUT2D eigenvalue weighted by atomic mass is 10.1. The largest absolute Gasteiger partial charge is 0.478 e. The van der Waals surface area contributed by atoms with Crippen LogP contribution in [0.3, 0.4) is 0 Å². The molecule has 5 nitrogen and oxygen atoms in total. The number of nitrogens with zero attached hydrogens (tertiary/aromatic N) is 2. The molecule has 0 aliphatic heterocycles. The Kier molecular flexibility index (Phi) is 3.52. The highest BCUT2D eigenvalue weighted by Gasteiger charge is 2.22. The lowest BCUT2D eigenvalue weighted by molar-refractivity contribution is -0.145. The van der Waals surface area contributed by atoms with Crippen molar-refractivity contribution >= 4 is 5.97 Å². The first-order valence-electron chi connectivity index (χ1n) is 5.40. The van der Waals surface area contributed by atoms with Crippen molar-refractivity contribution in [1.82, 2.24) is 9.97 Å². The van der Waals surface area contributed by atoms with Gasteiger partial charge in [-0.3, -0.25) is 0 Å².